The van der Waals surface area contributed by atoms with Crippen LogP contribution in [0.5, 0.6) is 5.75 Å². The van der Waals surface area contributed by atoms with Gasteiger partial charge in [-0.05, 0) is 54.7 Å². The third-order valence-electron chi connectivity index (χ3n) is 7.04. The quantitative estimate of drug-likeness (QED) is 0.265. The van der Waals surface area contributed by atoms with Crippen LogP contribution in [-0.4, -0.2) is 49.6 Å². The van der Waals surface area contributed by atoms with Gasteiger partial charge in [-0.2, -0.15) is 26.3 Å². The van der Waals surface area contributed by atoms with Crippen LogP contribution in [0.2, 0.25) is 0 Å². The van der Waals surface area contributed by atoms with E-state index in [-0.39, 0.29) is 24.1 Å². The van der Waals surface area contributed by atoms with Crippen LogP contribution in [-0.2, 0) is 25.2 Å². The minimum Gasteiger partial charge on any atom is -0.496 e. The fraction of sp³-hybridized carbons (Fsp3) is 0.367. The monoisotopic (exact) mass is 549 g/mol. The number of piperazine rings is 1. The molecule has 9 heteroatoms. The van der Waals surface area contributed by atoms with Crippen LogP contribution in [0.25, 0.3) is 0 Å². The Kier molecular flexibility index (Phi) is 9.23. The normalized spacial score (nSPS) is 16.3. The fourth-order valence-electron chi connectivity index (χ4n) is 4.97. The van der Waals surface area contributed by atoms with Gasteiger partial charge in [0, 0.05) is 44.3 Å². The van der Waals surface area contributed by atoms with E-state index in [0.29, 0.717) is 18.8 Å². The molecule has 1 aliphatic rings. The summed E-state index contributed by atoms with van der Waals surface area (Å²) in [7, 11) is 1.54. The van der Waals surface area contributed by atoms with Gasteiger partial charge < -0.3 is 9.64 Å². The first kappa shape index (κ1) is 29.0. The van der Waals surface area contributed by atoms with Gasteiger partial charge in [-0.25, -0.2) is 0 Å². The molecule has 1 atom stereocenters. The molecule has 1 fully saturated rings. The molecule has 3 aromatic rings. The van der Waals surface area contributed by atoms with Crippen LogP contribution < -0.4 is 4.74 Å². The molecule has 0 spiro atoms. The summed E-state index contributed by atoms with van der Waals surface area (Å²) in [5, 5.41) is 0. The average Bonchev–Trinajstić information content (AvgIpc) is 2.92. The molecule has 0 aliphatic carbocycles. The van der Waals surface area contributed by atoms with Gasteiger partial charge in [0.05, 0.1) is 18.2 Å². The zero-order valence-electron chi connectivity index (χ0n) is 21.6. The highest BCUT2D eigenvalue weighted by molar-refractivity contribution is 5.39. The predicted octanol–water partition coefficient (Wildman–Crippen LogP) is 7.08. The number of nitrogens with zero attached hydrogens (tertiary/aromatic N) is 2. The maximum Gasteiger partial charge on any atom is 0.416 e. The zero-order chi connectivity index (χ0) is 28.0. The molecular formula is C30H31F6N2O. The highest BCUT2D eigenvalue weighted by Crippen LogP contribution is 2.38. The summed E-state index contributed by atoms with van der Waals surface area (Å²) < 4.78 is 85.9. The number of methoxy groups -OCH3 is 1. The first-order valence-electron chi connectivity index (χ1n) is 12.8. The topological polar surface area (TPSA) is 15.7 Å². The smallest absolute Gasteiger partial charge is 0.416 e. The first-order chi connectivity index (χ1) is 18.5. The summed E-state index contributed by atoms with van der Waals surface area (Å²) in [5.74, 6) is 0.616. The van der Waals surface area contributed by atoms with Crippen LogP contribution in [0.1, 0.15) is 33.9 Å². The second-order valence-corrected chi connectivity index (χ2v) is 9.65. The SMILES string of the molecule is COc1ccccc1C([CH]Cc1cc(C(F)(F)F)cc(C(F)(F)F)c1)N1CCN(CCc2ccccc2)CC1. The van der Waals surface area contributed by atoms with Crippen LogP contribution in [0, 0.1) is 6.42 Å². The molecule has 4 rings (SSSR count). The van der Waals surface area contributed by atoms with E-state index >= 15 is 0 Å². The van der Waals surface area contributed by atoms with Gasteiger partial charge >= 0.3 is 12.4 Å². The van der Waals surface area contributed by atoms with Gasteiger partial charge in [0.1, 0.15) is 5.75 Å². The highest BCUT2D eigenvalue weighted by atomic mass is 19.4. The molecular weight excluding hydrogens is 518 g/mol. The second-order valence-electron chi connectivity index (χ2n) is 9.65. The van der Waals surface area contributed by atoms with E-state index in [1.807, 2.05) is 36.4 Å². The maximum atomic E-state index is 13.4. The van der Waals surface area contributed by atoms with Crippen molar-refractivity contribution in [2.45, 2.75) is 31.2 Å². The average molecular weight is 550 g/mol. The van der Waals surface area contributed by atoms with Crippen molar-refractivity contribution < 1.29 is 31.1 Å². The number of hydrogen-bond acceptors (Lipinski definition) is 3. The van der Waals surface area contributed by atoms with Gasteiger partial charge in [0.2, 0.25) is 0 Å². The number of halogens is 6. The molecule has 0 bridgehead atoms. The summed E-state index contributed by atoms with van der Waals surface area (Å²) in [6, 6.07) is 19.0. The Balaban J connectivity index is 1.51. The lowest BCUT2D eigenvalue weighted by atomic mass is 9.94. The van der Waals surface area contributed by atoms with Gasteiger partial charge in [-0.1, -0.05) is 48.5 Å². The summed E-state index contributed by atoms with van der Waals surface area (Å²) in [6.07, 6.45) is -7.11. The zero-order valence-corrected chi connectivity index (χ0v) is 21.6. The molecule has 0 saturated carbocycles. The van der Waals surface area contributed by atoms with Crippen LogP contribution >= 0.6 is 0 Å². The number of benzene rings is 3. The Morgan fingerprint density at radius 1 is 0.769 bits per heavy atom. The van der Waals surface area contributed by atoms with Crippen LogP contribution in [0.4, 0.5) is 26.3 Å². The van der Waals surface area contributed by atoms with Gasteiger partial charge in [-0.3, -0.25) is 4.90 Å². The Bertz CT molecular complexity index is 1170. The third-order valence-corrected chi connectivity index (χ3v) is 7.04. The lowest BCUT2D eigenvalue weighted by Gasteiger charge is -2.40. The molecule has 0 aromatic heterocycles. The molecule has 1 unspecified atom stereocenters. The van der Waals surface area contributed by atoms with Gasteiger partial charge in [0.25, 0.3) is 0 Å². The summed E-state index contributed by atoms with van der Waals surface area (Å²) in [5.41, 5.74) is -0.568. The van der Waals surface area contributed by atoms with Crippen LogP contribution in [0.15, 0.2) is 72.8 Å². The number of ether oxygens (including phenoxy) is 1. The Labute approximate surface area is 225 Å². The number of para-hydroxylation sites is 1. The molecule has 3 aromatic carbocycles. The molecule has 1 heterocycles. The second kappa shape index (κ2) is 12.4. The summed E-state index contributed by atoms with van der Waals surface area (Å²) in [6.45, 7) is 3.91. The molecule has 3 nitrogen and oxygen atoms in total. The van der Waals surface area contributed by atoms with Crippen LogP contribution in [0.3, 0.4) is 0 Å². The molecule has 1 radical (unpaired) electrons. The Hall–Kier alpha value is -3.04. The van der Waals surface area contributed by atoms with Crippen molar-refractivity contribution in [1.82, 2.24) is 9.80 Å². The molecule has 209 valence electrons. The fourth-order valence-corrected chi connectivity index (χ4v) is 4.97. The molecule has 1 saturated heterocycles. The first-order valence-corrected chi connectivity index (χ1v) is 12.8. The van der Waals surface area contributed by atoms with Crippen molar-refractivity contribution >= 4 is 0 Å². The Morgan fingerprint density at radius 3 is 1.95 bits per heavy atom. The van der Waals surface area contributed by atoms with Crippen molar-refractivity contribution in [2.24, 2.45) is 0 Å². The van der Waals surface area contributed by atoms with E-state index in [1.54, 1.807) is 19.6 Å². The van der Waals surface area contributed by atoms with Crippen molar-refractivity contribution in [2.75, 3.05) is 39.8 Å². The number of rotatable bonds is 9. The highest BCUT2D eigenvalue weighted by Gasteiger charge is 2.37. The molecule has 39 heavy (non-hydrogen) atoms. The minimum absolute atomic E-state index is 0.0430. The minimum atomic E-state index is -4.88. The van der Waals surface area contributed by atoms with E-state index in [1.165, 1.54) is 5.56 Å². The molecule has 0 N–H and O–H groups in total. The van der Waals surface area contributed by atoms with Gasteiger partial charge in [0.15, 0.2) is 0 Å². The van der Waals surface area contributed by atoms with Gasteiger partial charge in [-0.15, -0.1) is 0 Å². The molecule has 0 amide bonds. The lowest BCUT2D eigenvalue weighted by molar-refractivity contribution is -0.143. The summed E-state index contributed by atoms with van der Waals surface area (Å²) in [4.78, 5) is 4.57. The van der Waals surface area contributed by atoms with Crippen molar-refractivity contribution in [3.8, 4) is 5.75 Å². The predicted molar refractivity (Wildman–Crippen MR) is 138 cm³/mol. The van der Waals surface area contributed by atoms with Crippen molar-refractivity contribution in [3.05, 3.63) is 107 Å². The van der Waals surface area contributed by atoms with E-state index in [2.05, 4.69) is 21.9 Å². The Morgan fingerprint density at radius 2 is 1.36 bits per heavy atom. The van der Waals surface area contributed by atoms with E-state index in [0.717, 1.165) is 43.8 Å². The van der Waals surface area contributed by atoms with Crippen molar-refractivity contribution in [1.29, 1.82) is 0 Å². The standard InChI is InChI=1S/C30H31F6N2O/c1-39-28-10-6-5-9-26(28)27(38-17-15-37(16-18-38)14-13-22-7-3-2-4-8-22)12-11-23-19-24(29(31,32)33)21-25(20-23)30(34,35)36/h2-10,12,19-21,27H,11,13-18H2,1H3. The summed E-state index contributed by atoms with van der Waals surface area (Å²) >= 11 is 0. The van der Waals surface area contributed by atoms with E-state index < -0.39 is 23.5 Å². The number of hydrogen-bond donors (Lipinski definition) is 0. The third kappa shape index (κ3) is 7.76. The van der Waals surface area contributed by atoms with E-state index in [4.69, 9.17) is 4.74 Å². The lowest BCUT2D eigenvalue weighted by Crippen LogP contribution is -2.48. The maximum absolute atomic E-state index is 13.4. The van der Waals surface area contributed by atoms with Crippen molar-refractivity contribution in [3.63, 3.8) is 0 Å². The molecule has 1 aliphatic heterocycles. The largest absolute Gasteiger partial charge is 0.496 e. The van der Waals surface area contributed by atoms with E-state index in [9.17, 15) is 26.3 Å². The number of alkyl halides is 6.